The van der Waals surface area contributed by atoms with Crippen molar-refractivity contribution in [1.29, 1.82) is 0 Å². The third-order valence-electron chi connectivity index (χ3n) is 5.59. The van der Waals surface area contributed by atoms with Crippen molar-refractivity contribution in [3.8, 4) is 23.5 Å². The standard InChI is InChI=1S/C22H23ClN4O6S/c1-31-19-11-20(26-22(25-19)32-2)33-18-9-13(3-8-17(18)23)14-10-21(28)27(12-14)15-4-6-16(7-5-15)34(24,29)30/h3-6,8-9,11,14,16H,7,10,12H2,1-2H3,(H2,24,29,30)/t14-,16?/m0/s1. The number of nitrogens with zero attached hydrogens (tertiary/aromatic N) is 3. The number of amides is 1. The van der Waals surface area contributed by atoms with E-state index in [1.807, 2.05) is 6.07 Å². The number of halogens is 1. The van der Waals surface area contributed by atoms with Gasteiger partial charge in [-0.05, 0) is 30.2 Å². The van der Waals surface area contributed by atoms with E-state index in [0.717, 1.165) is 5.56 Å². The molecule has 2 N–H and O–H groups in total. The Morgan fingerprint density at radius 2 is 1.91 bits per heavy atom. The Bertz CT molecular complexity index is 1260. The lowest BCUT2D eigenvalue weighted by atomic mass is 9.98. The molecule has 0 radical (unpaired) electrons. The van der Waals surface area contributed by atoms with Gasteiger partial charge in [0.25, 0.3) is 0 Å². The first kappa shape index (κ1) is 24.0. The number of carbonyl (C=O) groups is 1. The normalized spacial score (nSPS) is 20.3. The van der Waals surface area contributed by atoms with Gasteiger partial charge < -0.3 is 19.1 Å². The van der Waals surface area contributed by atoms with E-state index in [9.17, 15) is 13.2 Å². The van der Waals surface area contributed by atoms with Crippen LogP contribution in [0, 0.1) is 0 Å². The van der Waals surface area contributed by atoms with Crippen molar-refractivity contribution in [2.24, 2.45) is 5.14 Å². The lowest BCUT2D eigenvalue weighted by Crippen LogP contribution is -2.30. The molecule has 2 heterocycles. The molecule has 10 nitrogen and oxygen atoms in total. The average Bonchev–Trinajstić information content (AvgIpc) is 3.21. The Hall–Kier alpha value is -3.15. The fraction of sp³-hybridized carbons (Fsp3) is 0.318. The van der Waals surface area contributed by atoms with E-state index in [0.29, 0.717) is 29.4 Å². The summed E-state index contributed by atoms with van der Waals surface area (Å²) in [4.78, 5) is 22.6. The highest BCUT2D eigenvalue weighted by molar-refractivity contribution is 7.89. The highest BCUT2D eigenvalue weighted by Crippen LogP contribution is 2.37. The van der Waals surface area contributed by atoms with Crippen molar-refractivity contribution in [3.05, 3.63) is 58.8 Å². The summed E-state index contributed by atoms with van der Waals surface area (Å²) in [6.07, 6.45) is 5.39. The van der Waals surface area contributed by atoms with Crippen LogP contribution < -0.4 is 19.3 Å². The number of hydrogen-bond acceptors (Lipinski definition) is 8. The van der Waals surface area contributed by atoms with E-state index < -0.39 is 15.3 Å². The number of nitrogens with two attached hydrogens (primary N) is 1. The Morgan fingerprint density at radius 3 is 2.56 bits per heavy atom. The summed E-state index contributed by atoms with van der Waals surface area (Å²) in [7, 11) is -0.772. The zero-order valence-corrected chi connectivity index (χ0v) is 20.0. The van der Waals surface area contributed by atoms with Crippen molar-refractivity contribution in [2.75, 3.05) is 20.8 Å². The summed E-state index contributed by atoms with van der Waals surface area (Å²) < 4.78 is 39.2. The molecule has 2 atom stereocenters. The van der Waals surface area contributed by atoms with Crippen molar-refractivity contribution in [3.63, 3.8) is 0 Å². The highest BCUT2D eigenvalue weighted by Gasteiger charge is 2.33. The fourth-order valence-corrected chi connectivity index (χ4v) is 4.63. The number of primary sulfonamides is 1. The third-order valence-corrected chi connectivity index (χ3v) is 7.10. The number of carbonyl (C=O) groups excluding carboxylic acids is 1. The first-order valence-electron chi connectivity index (χ1n) is 10.3. The van der Waals surface area contributed by atoms with E-state index in [-0.39, 0.29) is 36.0 Å². The largest absolute Gasteiger partial charge is 0.481 e. The maximum atomic E-state index is 12.7. The van der Waals surface area contributed by atoms with Crippen LogP contribution in [0.1, 0.15) is 24.3 Å². The molecule has 2 aliphatic rings. The van der Waals surface area contributed by atoms with Crippen LogP contribution in [0.4, 0.5) is 0 Å². The molecule has 2 aromatic rings. The fourth-order valence-electron chi connectivity index (χ4n) is 3.81. The lowest BCUT2D eigenvalue weighted by molar-refractivity contribution is -0.125. The summed E-state index contributed by atoms with van der Waals surface area (Å²) in [5.41, 5.74) is 1.53. The Kier molecular flexibility index (Phi) is 6.78. The Balaban J connectivity index is 1.52. The smallest absolute Gasteiger partial charge is 0.322 e. The second-order valence-corrected chi connectivity index (χ2v) is 9.97. The van der Waals surface area contributed by atoms with Gasteiger partial charge in [0.1, 0.15) is 5.75 Å². The van der Waals surface area contributed by atoms with Crippen LogP contribution in [0.3, 0.4) is 0 Å². The maximum absolute atomic E-state index is 12.7. The summed E-state index contributed by atoms with van der Waals surface area (Å²) in [6, 6.07) is 6.90. The Morgan fingerprint density at radius 1 is 1.15 bits per heavy atom. The van der Waals surface area contributed by atoms with E-state index >= 15 is 0 Å². The molecule has 1 fully saturated rings. The van der Waals surface area contributed by atoms with Gasteiger partial charge in [-0.15, -0.1) is 0 Å². The van der Waals surface area contributed by atoms with E-state index in [4.69, 9.17) is 31.0 Å². The quantitative estimate of drug-likeness (QED) is 0.605. The number of rotatable bonds is 7. The van der Waals surface area contributed by atoms with Crippen molar-refractivity contribution in [1.82, 2.24) is 14.9 Å². The number of methoxy groups -OCH3 is 2. The lowest BCUT2D eigenvalue weighted by Gasteiger charge is -2.22. The molecule has 1 aliphatic carbocycles. The zero-order chi connectivity index (χ0) is 24.5. The summed E-state index contributed by atoms with van der Waals surface area (Å²) in [5.74, 6) is 0.656. The minimum atomic E-state index is -3.67. The van der Waals surface area contributed by atoms with Crippen LogP contribution in [0.25, 0.3) is 0 Å². The van der Waals surface area contributed by atoms with Gasteiger partial charge in [-0.2, -0.15) is 9.97 Å². The predicted octanol–water partition coefficient (Wildman–Crippen LogP) is 2.76. The molecular formula is C22H23ClN4O6S. The first-order chi connectivity index (χ1) is 16.2. The highest BCUT2D eigenvalue weighted by atomic mass is 35.5. The number of sulfonamides is 1. The van der Waals surface area contributed by atoms with Gasteiger partial charge in [0, 0.05) is 24.6 Å². The van der Waals surface area contributed by atoms with Crippen LogP contribution in [0.15, 0.2) is 48.2 Å². The molecule has 0 saturated carbocycles. The second kappa shape index (κ2) is 9.61. The molecule has 180 valence electrons. The van der Waals surface area contributed by atoms with Crippen molar-refractivity contribution in [2.45, 2.75) is 24.0 Å². The molecule has 12 heteroatoms. The molecule has 0 spiro atoms. The van der Waals surface area contributed by atoms with Crippen molar-refractivity contribution < 1.29 is 27.4 Å². The topological polar surface area (TPSA) is 134 Å². The first-order valence-corrected chi connectivity index (χ1v) is 12.3. The molecular weight excluding hydrogens is 484 g/mol. The second-order valence-electron chi connectivity index (χ2n) is 7.78. The molecule has 1 aromatic heterocycles. The number of ether oxygens (including phenoxy) is 3. The maximum Gasteiger partial charge on any atom is 0.322 e. The van der Waals surface area contributed by atoms with Gasteiger partial charge in [-0.1, -0.05) is 29.8 Å². The van der Waals surface area contributed by atoms with Crippen LogP contribution >= 0.6 is 11.6 Å². The van der Waals surface area contributed by atoms with Crippen LogP contribution in [0.5, 0.6) is 23.5 Å². The summed E-state index contributed by atoms with van der Waals surface area (Å²) in [5, 5.41) is 4.81. The molecule has 34 heavy (non-hydrogen) atoms. The Labute approximate surface area is 202 Å². The molecule has 1 aliphatic heterocycles. The molecule has 1 aromatic carbocycles. The summed E-state index contributed by atoms with van der Waals surface area (Å²) >= 11 is 6.34. The molecule has 1 saturated heterocycles. The van der Waals surface area contributed by atoms with Crippen molar-refractivity contribution >= 4 is 27.5 Å². The summed E-state index contributed by atoms with van der Waals surface area (Å²) in [6.45, 7) is 0.436. The number of allylic oxidation sites excluding steroid dienone is 2. The molecule has 0 bridgehead atoms. The number of aromatic nitrogens is 2. The number of benzene rings is 1. The monoisotopic (exact) mass is 506 g/mol. The van der Waals surface area contributed by atoms with Gasteiger partial charge in [0.2, 0.25) is 27.7 Å². The number of hydrogen-bond donors (Lipinski definition) is 1. The van der Waals surface area contributed by atoms with E-state index in [1.165, 1.54) is 26.4 Å². The van der Waals surface area contributed by atoms with Crippen LogP contribution in [-0.2, 0) is 14.8 Å². The predicted molar refractivity (Wildman–Crippen MR) is 124 cm³/mol. The molecule has 1 amide bonds. The molecule has 1 unspecified atom stereocenters. The minimum absolute atomic E-state index is 0.0577. The van der Waals surface area contributed by atoms with Gasteiger partial charge in [-0.3, -0.25) is 4.79 Å². The van der Waals surface area contributed by atoms with Gasteiger partial charge in [-0.25, -0.2) is 13.6 Å². The van der Waals surface area contributed by atoms with Gasteiger partial charge in [0.05, 0.1) is 30.6 Å². The van der Waals surface area contributed by atoms with Gasteiger partial charge in [0.15, 0.2) is 0 Å². The third kappa shape index (κ3) is 5.16. The van der Waals surface area contributed by atoms with Gasteiger partial charge >= 0.3 is 6.01 Å². The SMILES string of the molecule is COc1cc(Oc2cc([C@H]3CC(=O)N(C4=CCC(S(N)(=O)=O)C=C4)C3)ccc2Cl)nc(OC)n1. The molecule has 4 rings (SSSR count). The van der Waals surface area contributed by atoms with Crippen LogP contribution in [-0.4, -0.2) is 55.2 Å². The average molecular weight is 507 g/mol. The van der Waals surface area contributed by atoms with Crippen LogP contribution in [0.2, 0.25) is 5.02 Å². The van der Waals surface area contributed by atoms with E-state index in [2.05, 4.69) is 9.97 Å². The van der Waals surface area contributed by atoms with E-state index in [1.54, 1.807) is 29.2 Å². The number of likely N-dealkylation sites (tertiary alicyclic amines) is 1. The minimum Gasteiger partial charge on any atom is -0.481 e. The zero-order valence-electron chi connectivity index (χ0n) is 18.5.